The summed E-state index contributed by atoms with van der Waals surface area (Å²) in [4.78, 5) is 9.03. The minimum Gasteiger partial charge on any atom is -0.370 e. The molecule has 1 N–H and O–H groups in total. The second-order valence-corrected chi connectivity index (χ2v) is 6.97. The van der Waals surface area contributed by atoms with Crippen molar-refractivity contribution in [2.75, 3.05) is 11.9 Å². The van der Waals surface area contributed by atoms with E-state index in [4.69, 9.17) is 0 Å². The average molecular weight is 312 g/mol. The number of halogens is 1. The Kier molecular flexibility index (Phi) is 4.25. The summed E-state index contributed by atoms with van der Waals surface area (Å²) in [5.41, 5.74) is -0.0197. The number of hydrogen-bond acceptors (Lipinski definition) is 3. The Morgan fingerprint density at radius 2 is 2.06 bits per heavy atom. The number of nitrogens with zero attached hydrogens (tertiary/aromatic N) is 2. The quantitative estimate of drug-likeness (QED) is 0.849. The Morgan fingerprint density at radius 1 is 1.33 bits per heavy atom. The van der Waals surface area contributed by atoms with Gasteiger partial charge in [-0.05, 0) is 28.3 Å². The summed E-state index contributed by atoms with van der Waals surface area (Å²) >= 11 is 3.46. The van der Waals surface area contributed by atoms with E-state index in [1.165, 1.54) is 25.7 Å². The van der Waals surface area contributed by atoms with Crippen molar-refractivity contribution in [2.45, 2.75) is 51.9 Å². The minimum atomic E-state index is -0.0197. The molecule has 4 heteroatoms. The molecule has 1 saturated carbocycles. The van der Waals surface area contributed by atoms with Crippen molar-refractivity contribution in [1.82, 2.24) is 9.97 Å². The lowest BCUT2D eigenvalue weighted by molar-refractivity contribution is 0.303. The van der Waals surface area contributed by atoms with Gasteiger partial charge in [-0.2, -0.15) is 0 Å². The Balaban J connectivity index is 1.96. The van der Waals surface area contributed by atoms with E-state index in [1.54, 1.807) is 0 Å². The monoisotopic (exact) mass is 311 g/mol. The average Bonchev–Trinajstić information content (AvgIpc) is 2.20. The van der Waals surface area contributed by atoms with Crippen LogP contribution < -0.4 is 5.32 Å². The highest BCUT2D eigenvalue weighted by molar-refractivity contribution is 9.10. The van der Waals surface area contributed by atoms with Crippen LogP contribution in [-0.2, 0) is 5.41 Å². The van der Waals surface area contributed by atoms with Crippen LogP contribution in [0.2, 0.25) is 0 Å². The predicted octanol–water partition coefficient (Wildman–Crippen LogP) is 4.14. The van der Waals surface area contributed by atoms with Gasteiger partial charge in [0.15, 0.2) is 0 Å². The number of rotatable bonds is 4. The Morgan fingerprint density at radius 3 is 2.61 bits per heavy atom. The molecular weight excluding hydrogens is 290 g/mol. The van der Waals surface area contributed by atoms with E-state index >= 15 is 0 Å². The second kappa shape index (κ2) is 5.55. The van der Waals surface area contributed by atoms with Crippen molar-refractivity contribution >= 4 is 21.7 Å². The topological polar surface area (TPSA) is 37.8 Å². The van der Waals surface area contributed by atoms with E-state index in [-0.39, 0.29) is 5.41 Å². The molecule has 1 aliphatic carbocycles. The summed E-state index contributed by atoms with van der Waals surface area (Å²) in [7, 11) is 0. The van der Waals surface area contributed by atoms with E-state index < -0.39 is 0 Å². The van der Waals surface area contributed by atoms with E-state index in [0.29, 0.717) is 0 Å². The van der Waals surface area contributed by atoms with Crippen LogP contribution in [0.15, 0.2) is 10.7 Å². The molecule has 0 aromatic carbocycles. The summed E-state index contributed by atoms with van der Waals surface area (Å²) in [5.74, 6) is 2.74. The SMILES string of the molecule is CC(C)(C)c1nc(Br)cc(NCCC2CCC2)n1. The lowest BCUT2D eigenvalue weighted by Crippen LogP contribution is -2.19. The molecule has 1 aromatic heterocycles. The van der Waals surface area contributed by atoms with Crippen molar-refractivity contribution in [3.8, 4) is 0 Å². The molecule has 0 aliphatic heterocycles. The second-order valence-electron chi connectivity index (χ2n) is 6.16. The fourth-order valence-corrected chi connectivity index (χ4v) is 2.41. The highest BCUT2D eigenvalue weighted by Gasteiger charge is 2.19. The van der Waals surface area contributed by atoms with Crippen molar-refractivity contribution in [1.29, 1.82) is 0 Å². The van der Waals surface area contributed by atoms with Crippen molar-refractivity contribution in [3.05, 3.63) is 16.5 Å². The van der Waals surface area contributed by atoms with E-state index in [9.17, 15) is 0 Å². The molecule has 1 heterocycles. The fourth-order valence-electron chi connectivity index (χ4n) is 2.03. The van der Waals surface area contributed by atoms with Crippen LogP contribution >= 0.6 is 15.9 Å². The molecule has 2 rings (SSSR count). The van der Waals surface area contributed by atoms with Crippen LogP contribution in [0.4, 0.5) is 5.82 Å². The van der Waals surface area contributed by atoms with Gasteiger partial charge in [0, 0.05) is 18.0 Å². The van der Waals surface area contributed by atoms with Gasteiger partial charge in [-0.3, -0.25) is 0 Å². The zero-order chi connectivity index (χ0) is 13.2. The van der Waals surface area contributed by atoms with Crippen LogP contribution in [0.1, 0.15) is 52.3 Å². The molecule has 18 heavy (non-hydrogen) atoms. The first-order valence-electron chi connectivity index (χ1n) is 6.74. The summed E-state index contributed by atoms with van der Waals surface area (Å²) < 4.78 is 0.855. The summed E-state index contributed by atoms with van der Waals surface area (Å²) in [5, 5.41) is 3.42. The van der Waals surface area contributed by atoms with Gasteiger partial charge in [0.1, 0.15) is 16.2 Å². The molecule has 0 spiro atoms. The number of aromatic nitrogens is 2. The van der Waals surface area contributed by atoms with Crippen molar-refractivity contribution in [2.24, 2.45) is 5.92 Å². The molecule has 100 valence electrons. The van der Waals surface area contributed by atoms with Crippen molar-refractivity contribution in [3.63, 3.8) is 0 Å². The third kappa shape index (κ3) is 3.67. The lowest BCUT2D eigenvalue weighted by atomic mass is 9.83. The zero-order valence-electron chi connectivity index (χ0n) is 11.5. The van der Waals surface area contributed by atoms with Crippen LogP contribution in [0, 0.1) is 5.92 Å². The smallest absolute Gasteiger partial charge is 0.137 e. The fraction of sp³-hybridized carbons (Fsp3) is 0.714. The Labute approximate surface area is 118 Å². The molecule has 1 fully saturated rings. The molecular formula is C14H22BrN3. The Bertz CT molecular complexity index is 408. The van der Waals surface area contributed by atoms with E-state index in [0.717, 1.165) is 28.7 Å². The molecule has 0 radical (unpaired) electrons. The number of nitrogens with one attached hydrogen (secondary N) is 1. The molecule has 3 nitrogen and oxygen atoms in total. The van der Waals surface area contributed by atoms with Crippen LogP contribution in [0.5, 0.6) is 0 Å². The highest BCUT2D eigenvalue weighted by Crippen LogP contribution is 2.29. The highest BCUT2D eigenvalue weighted by atomic mass is 79.9. The molecule has 0 saturated heterocycles. The summed E-state index contributed by atoms with van der Waals surface area (Å²) in [6, 6.07) is 1.95. The maximum absolute atomic E-state index is 4.59. The van der Waals surface area contributed by atoms with Gasteiger partial charge < -0.3 is 5.32 Å². The van der Waals surface area contributed by atoms with Crippen molar-refractivity contribution < 1.29 is 0 Å². The Hall–Kier alpha value is -0.640. The first-order valence-corrected chi connectivity index (χ1v) is 7.53. The third-order valence-electron chi connectivity index (χ3n) is 3.45. The lowest BCUT2D eigenvalue weighted by Gasteiger charge is -2.25. The normalized spacial score (nSPS) is 16.4. The molecule has 0 bridgehead atoms. The number of anilines is 1. The van der Waals surface area contributed by atoms with E-state index in [1.807, 2.05) is 6.07 Å². The van der Waals surface area contributed by atoms with Gasteiger partial charge in [0.2, 0.25) is 0 Å². The first kappa shape index (κ1) is 13.8. The molecule has 0 atom stereocenters. The predicted molar refractivity (Wildman–Crippen MR) is 78.9 cm³/mol. The summed E-state index contributed by atoms with van der Waals surface area (Å²) in [6.07, 6.45) is 5.48. The molecule has 0 amide bonds. The van der Waals surface area contributed by atoms with Crippen LogP contribution in [-0.4, -0.2) is 16.5 Å². The summed E-state index contributed by atoms with van der Waals surface area (Å²) in [6.45, 7) is 7.41. The van der Waals surface area contributed by atoms with Crippen LogP contribution in [0.3, 0.4) is 0 Å². The van der Waals surface area contributed by atoms with Crippen LogP contribution in [0.25, 0.3) is 0 Å². The maximum Gasteiger partial charge on any atom is 0.137 e. The van der Waals surface area contributed by atoms with Gasteiger partial charge >= 0.3 is 0 Å². The maximum atomic E-state index is 4.59. The van der Waals surface area contributed by atoms with Gasteiger partial charge in [-0.15, -0.1) is 0 Å². The number of hydrogen-bond donors (Lipinski definition) is 1. The van der Waals surface area contributed by atoms with Gasteiger partial charge in [0.05, 0.1) is 0 Å². The minimum absolute atomic E-state index is 0.0197. The third-order valence-corrected chi connectivity index (χ3v) is 3.86. The molecule has 1 aromatic rings. The standard InChI is InChI=1S/C14H22BrN3/c1-14(2,3)13-17-11(15)9-12(18-13)16-8-7-10-5-4-6-10/h9-10H,4-8H2,1-3H3,(H,16,17,18). The van der Waals surface area contributed by atoms with Gasteiger partial charge in [-0.1, -0.05) is 40.0 Å². The first-order chi connectivity index (χ1) is 8.45. The van der Waals surface area contributed by atoms with E-state index in [2.05, 4.69) is 52.0 Å². The molecule has 0 unspecified atom stereocenters. The van der Waals surface area contributed by atoms with Gasteiger partial charge in [-0.25, -0.2) is 9.97 Å². The zero-order valence-corrected chi connectivity index (χ0v) is 13.0. The molecule has 1 aliphatic rings. The largest absolute Gasteiger partial charge is 0.370 e. The van der Waals surface area contributed by atoms with Gasteiger partial charge in [0.25, 0.3) is 0 Å².